The predicted molar refractivity (Wildman–Crippen MR) is 78.2 cm³/mol. The number of ether oxygens (including phenoxy) is 1. The van der Waals surface area contributed by atoms with Crippen LogP contribution in [0.2, 0.25) is 0 Å². The van der Waals surface area contributed by atoms with E-state index >= 15 is 0 Å². The molecule has 1 aromatic carbocycles. The van der Waals surface area contributed by atoms with Gasteiger partial charge in [-0.2, -0.15) is 18.3 Å². The number of carbonyl (C=O) groups is 1. The van der Waals surface area contributed by atoms with Crippen molar-refractivity contribution in [1.29, 1.82) is 0 Å². The molecule has 0 aliphatic heterocycles. The van der Waals surface area contributed by atoms with Gasteiger partial charge in [-0.05, 0) is 25.1 Å². The number of rotatable bonds is 5. The third-order valence-electron chi connectivity index (χ3n) is 3.18. The average molecular weight is 327 g/mol. The van der Waals surface area contributed by atoms with Crippen molar-refractivity contribution in [1.82, 2.24) is 9.78 Å². The molecule has 8 heteroatoms. The molecule has 0 fully saturated rings. The molecule has 2 rings (SSSR count). The van der Waals surface area contributed by atoms with E-state index in [1.165, 1.54) is 18.7 Å². The number of amides is 1. The van der Waals surface area contributed by atoms with Crippen molar-refractivity contribution in [3.63, 3.8) is 0 Å². The number of benzene rings is 1. The lowest BCUT2D eigenvalue weighted by atomic mass is 10.3. The minimum atomic E-state index is -4.49. The van der Waals surface area contributed by atoms with Gasteiger partial charge in [0.15, 0.2) is 5.69 Å². The summed E-state index contributed by atoms with van der Waals surface area (Å²) in [5, 5.41) is 6.14. The molecule has 0 spiro atoms. The van der Waals surface area contributed by atoms with Crippen LogP contribution < -0.4 is 10.1 Å². The predicted octanol–water partition coefficient (Wildman–Crippen LogP) is 3.25. The first-order valence-corrected chi connectivity index (χ1v) is 6.85. The average Bonchev–Trinajstić information content (AvgIpc) is 2.87. The maximum absolute atomic E-state index is 12.6. The van der Waals surface area contributed by atoms with E-state index in [1.807, 2.05) is 0 Å². The zero-order valence-electron chi connectivity index (χ0n) is 12.6. The summed E-state index contributed by atoms with van der Waals surface area (Å²) < 4.78 is 43.9. The Morgan fingerprint density at radius 3 is 2.70 bits per heavy atom. The zero-order valence-corrected chi connectivity index (χ0v) is 12.6. The van der Waals surface area contributed by atoms with Gasteiger partial charge in [-0.1, -0.05) is 6.07 Å². The van der Waals surface area contributed by atoms with Crippen molar-refractivity contribution >= 4 is 11.6 Å². The number of carbonyl (C=O) groups excluding carboxylic acids is 1. The number of aryl methyl sites for hydroxylation is 2. The maximum Gasteiger partial charge on any atom is 0.435 e. The van der Waals surface area contributed by atoms with E-state index < -0.39 is 11.9 Å². The highest BCUT2D eigenvalue weighted by atomic mass is 19.4. The minimum absolute atomic E-state index is 0.0109. The van der Waals surface area contributed by atoms with Crippen LogP contribution in [-0.2, 0) is 17.5 Å². The molecule has 0 saturated heterocycles. The largest absolute Gasteiger partial charge is 0.497 e. The lowest BCUT2D eigenvalue weighted by Crippen LogP contribution is -2.16. The van der Waals surface area contributed by atoms with Gasteiger partial charge in [0.2, 0.25) is 5.91 Å². The Morgan fingerprint density at radius 2 is 2.09 bits per heavy atom. The number of halogens is 3. The Bertz CT molecular complexity index is 696. The summed E-state index contributed by atoms with van der Waals surface area (Å²) >= 11 is 0. The molecule has 1 heterocycles. The number of aromatic nitrogens is 2. The molecule has 1 amide bonds. The summed E-state index contributed by atoms with van der Waals surface area (Å²) in [7, 11) is 1.51. The lowest BCUT2D eigenvalue weighted by molar-refractivity contribution is -0.141. The summed E-state index contributed by atoms with van der Waals surface area (Å²) in [5.41, 5.74) is -0.0442. The van der Waals surface area contributed by atoms with Gasteiger partial charge in [0.25, 0.3) is 0 Å². The fourth-order valence-electron chi connectivity index (χ4n) is 2.01. The van der Waals surface area contributed by atoms with Gasteiger partial charge < -0.3 is 10.1 Å². The van der Waals surface area contributed by atoms with E-state index in [0.29, 0.717) is 17.1 Å². The summed E-state index contributed by atoms with van der Waals surface area (Å²) in [6.07, 6.45) is -4.48. The minimum Gasteiger partial charge on any atom is -0.497 e. The number of methoxy groups -OCH3 is 1. The number of anilines is 1. The standard InChI is InChI=1S/C15H16F3N3O2/c1-10-8-13(15(16,17)18)20-21(10)7-6-14(22)19-11-4-3-5-12(9-11)23-2/h3-5,8-9H,6-7H2,1-2H3,(H,19,22). The molecule has 5 nitrogen and oxygen atoms in total. The van der Waals surface area contributed by atoms with Crippen molar-refractivity contribution < 1.29 is 22.7 Å². The van der Waals surface area contributed by atoms with Crippen molar-refractivity contribution in [2.45, 2.75) is 26.1 Å². The second kappa shape index (κ2) is 6.72. The van der Waals surface area contributed by atoms with Gasteiger partial charge in [0.05, 0.1) is 7.11 Å². The molecule has 124 valence electrons. The molecule has 0 aliphatic carbocycles. The number of nitrogens with one attached hydrogen (secondary N) is 1. The van der Waals surface area contributed by atoms with E-state index in [-0.39, 0.29) is 18.9 Å². The SMILES string of the molecule is COc1cccc(NC(=O)CCn2nc(C(F)(F)F)cc2C)c1. The normalized spacial score (nSPS) is 11.3. The van der Waals surface area contributed by atoms with E-state index in [0.717, 1.165) is 6.07 Å². The van der Waals surface area contributed by atoms with E-state index in [2.05, 4.69) is 10.4 Å². The Morgan fingerprint density at radius 1 is 1.35 bits per heavy atom. The molecule has 0 bridgehead atoms. The van der Waals surface area contributed by atoms with Crippen LogP contribution >= 0.6 is 0 Å². The van der Waals surface area contributed by atoms with Crippen LogP contribution in [0.15, 0.2) is 30.3 Å². The summed E-state index contributed by atoms with van der Waals surface area (Å²) in [4.78, 5) is 11.9. The number of nitrogens with zero attached hydrogens (tertiary/aromatic N) is 2. The quantitative estimate of drug-likeness (QED) is 0.917. The second-order valence-electron chi connectivity index (χ2n) is 4.92. The van der Waals surface area contributed by atoms with Crippen LogP contribution in [0.4, 0.5) is 18.9 Å². The van der Waals surface area contributed by atoms with Crippen molar-refractivity contribution in [2.75, 3.05) is 12.4 Å². The second-order valence-corrected chi connectivity index (χ2v) is 4.92. The molecule has 0 aliphatic rings. The third kappa shape index (κ3) is 4.48. The number of hydrogen-bond donors (Lipinski definition) is 1. The molecule has 0 unspecified atom stereocenters. The smallest absolute Gasteiger partial charge is 0.435 e. The van der Waals surface area contributed by atoms with E-state index in [4.69, 9.17) is 4.74 Å². The molecule has 0 atom stereocenters. The highest BCUT2D eigenvalue weighted by Gasteiger charge is 2.34. The molecule has 2 aromatic rings. The molecular weight excluding hydrogens is 311 g/mol. The van der Waals surface area contributed by atoms with Crippen LogP contribution in [-0.4, -0.2) is 22.8 Å². The highest BCUT2D eigenvalue weighted by molar-refractivity contribution is 5.90. The van der Waals surface area contributed by atoms with Gasteiger partial charge in [-0.15, -0.1) is 0 Å². The highest BCUT2D eigenvalue weighted by Crippen LogP contribution is 2.28. The van der Waals surface area contributed by atoms with Crippen LogP contribution in [0.3, 0.4) is 0 Å². The van der Waals surface area contributed by atoms with Crippen LogP contribution in [0.1, 0.15) is 17.8 Å². The Hall–Kier alpha value is -2.51. The molecule has 1 N–H and O–H groups in total. The fraction of sp³-hybridized carbons (Fsp3) is 0.333. The molecular formula is C15H16F3N3O2. The monoisotopic (exact) mass is 327 g/mol. The third-order valence-corrected chi connectivity index (χ3v) is 3.18. The molecule has 0 radical (unpaired) electrons. The van der Waals surface area contributed by atoms with Gasteiger partial charge >= 0.3 is 6.18 Å². The van der Waals surface area contributed by atoms with Crippen LogP contribution in [0.5, 0.6) is 5.75 Å². The lowest BCUT2D eigenvalue weighted by Gasteiger charge is -2.08. The van der Waals surface area contributed by atoms with Crippen LogP contribution in [0.25, 0.3) is 0 Å². The van der Waals surface area contributed by atoms with E-state index in [9.17, 15) is 18.0 Å². The molecule has 1 aromatic heterocycles. The van der Waals surface area contributed by atoms with Crippen molar-refractivity contribution in [2.24, 2.45) is 0 Å². The van der Waals surface area contributed by atoms with Gasteiger partial charge in [-0.3, -0.25) is 9.48 Å². The topological polar surface area (TPSA) is 56.1 Å². The zero-order chi connectivity index (χ0) is 17.0. The summed E-state index contributed by atoms with van der Waals surface area (Å²) in [5.74, 6) is 0.280. The van der Waals surface area contributed by atoms with Crippen molar-refractivity contribution in [3.05, 3.63) is 41.7 Å². The molecule has 23 heavy (non-hydrogen) atoms. The van der Waals surface area contributed by atoms with Gasteiger partial charge in [-0.25, -0.2) is 0 Å². The molecule has 0 saturated carbocycles. The summed E-state index contributed by atoms with van der Waals surface area (Å²) in [6, 6.07) is 7.77. The first-order chi connectivity index (χ1) is 10.8. The number of hydrogen-bond acceptors (Lipinski definition) is 3. The van der Waals surface area contributed by atoms with Crippen molar-refractivity contribution in [3.8, 4) is 5.75 Å². The first-order valence-electron chi connectivity index (χ1n) is 6.85. The Balaban J connectivity index is 1.95. The maximum atomic E-state index is 12.6. The van der Waals surface area contributed by atoms with Gasteiger partial charge in [0.1, 0.15) is 5.75 Å². The van der Waals surface area contributed by atoms with Crippen LogP contribution in [0, 0.1) is 6.92 Å². The first kappa shape index (κ1) is 16.9. The number of alkyl halides is 3. The summed E-state index contributed by atoms with van der Waals surface area (Å²) in [6.45, 7) is 1.58. The van der Waals surface area contributed by atoms with Gasteiger partial charge in [0, 0.05) is 30.4 Å². The van der Waals surface area contributed by atoms with E-state index in [1.54, 1.807) is 24.3 Å². The fourth-order valence-corrected chi connectivity index (χ4v) is 2.01. The Kier molecular flexibility index (Phi) is 4.92. The Labute approximate surface area is 131 Å².